The van der Waals surface area contributed by atoms with Gasteiger partial charge in [0.05, 0.1) is 0 Å². The van der Waals surface area contributed by atoms with Crippen molar-refractivity contribution in [1.29, 1.82) is 0 Å². The summed E-state index contributed by atoms with van der Waals surface area (Å²) < 4.78 is 5.70. The first-order chi connectivity index (χ1) is 8.26. The second-order valence-corrected chi connectivity index (χ2v) is 4.98. The summed E-state index contributed by atoms with van der Waals surface area (Å²) in [7, 11) is 2.12. The van der Waals surface area contributed by atoms with Gasteiger partial charge in [0.15, 0.2) is 0 Å². The fraction of sp³-hybridized carbons (Fsp3) is 0.538. The maximum Gasteiger partial charge on any atom is 0.119 e. The molecule has 0 heterocycles. The molecule has 0 unspecified atom stereocenters. The monoisotopic (exact) mass is 254 g/mol. The topological polar surface area (TPSA) is 38.5 Å². The molecule has 0 saturated carbocycles. The van der Waals surface area contributed by atoms with Crippen LogP contribution < -0.4 is 10.5 Å². The molecule has 1 aromatic carbocycles. The van der Waals surface area contributed by atoms with E-state index in [-0.39, 0.29) is 0 Å². The van der Waals surface area contributed by atoms with Gasteiger partial charge in [-0.2, -0.15) is 11.8 Å². The van der Waals surface area contributed by atoms with Gasteiger partial charge in [0.1, 0.15) is 12.4 Å². The van der Waals surface area contributed by atoms with Crippen molar-refractivity contribution in [1.82, 2.24) is 4.90 Å². The van der Waals surface area contributed by atoms with Gasteiger partial charge in [-0.05, 0) is 31.0 Å². The molecule has 0 radical (unpaired) electrons. The van der Waals surface area contributed by atoms with Crippen LogP contribution in [-0.4, -0.2) is 43.7 Å². The van der Waals surface area contributed by atoms with E-state index in [1.165, 1.54) is 5.75 Å². The number of thioether (sulfide) groups is 1. The van der Waals surface area contributed by atoms with Gasteiger partial charge in [-0.25, -0.2) is 0 Å². The van der Waals surface area contributed by atoms with Crippen LogP contribution in [0.3, 0.4) is 0 Å². The van der Waals surface area contributed by atoms with Crippen LogP contribution >= 0.6 is 11.8 Å². The second-order valence-electron chi connectivity index (χ2n) is 4.00. The Kier molecular flexibility index (Phi) is 7.08. The Labute approximate surface area is 108 Å². The molecule has 0 aliphatic carbocycles. The van der Waals surface area contributed by atoms with Crippen molar-refractivity contribution in [3.63, 3.8) is 0 Å². The number of nitrogens with zero attached hydrogens (tertiary/aromatic N) is 1. The Morgan fingerprint density at radius 1 is 1.35 bits per heavy atom. The molecule has 17 heavy (non-hydrogen) atoms. The van der Waals surface area contributed by atoms with Crippen molar-refractivity contribution in [3.8, 4) is 5.75 Å². The Hall–Kier alpha value is -0.710. The summed E-state index contributed by atoms with van der Waals surface area (Å²) in [6, 6.07) is 7.97. The third kappa shape index (κ3) is 5.96. The van der Waals surface area contributed by atoms with Crippen molar-refractivity contribution in [2.45, 2.75) is 6.54 Å². The number of ether oxygens (including phenoxy) is 1. The molecule has 0 atom stereocenters. The van der Waals surface area contributed by atoms with E-state index in [4.69, 9.17) is 10.5 Å². The number of rotatable bonds is 8. The molecule has 0 fully saturated rings. The van der Waals surface area contributed by atoms with Crippen LogP contribution in [0.2, 0.25) is 0 Å². The van der Waals surface area contributed by atoms with Crippen molar-refractivity contribution < 1.29 is 4.74 Å². The molecule has 3 nitrogen and oxygen atoms in total. The van der Waals surface area contributed by atoms with Crippen LogP contribution in [0.15, 0.2) is 24.3 Å². The van der Waals surface area contributed by atoms with Crippen LogP contribution in [0.5, 0.6) is 5.75 Å². The maximum absolute atomic E-state index is 5.70. The zero-order chi connectivity index (χ0) is 12.5. The molecular weight excluding hydrogens is 232 g/mol. The molecule has 0 bridgehead atoms. The van der Waals surface area contributed by atoms with Gasteiger partial charge in [0.2, 0.25) is 0 Å². The fourth-order valence-corrected chi connectivity index (χ4v) is 1.93. The lowest BCUT2D eigenvalue weighted by Gasteiger charge is -2.16. The summed E-state index contributed by atoms with van der Waals surface area (Å²) >= 11 is 1.87. The predicted octanol–water partition coefficient (Wildman–Crippen LogP) is 1.82. The highest BCUT2D eigenvalue weighted by molar-refractivity contribution is 7.98. The Morgan fingerprint density at radius 2 is 2.18 bits per heavy atom. The summed E-state index contributed by atoms with van der Waals surface area (Å²) in [4.78, 5) is 2.28. The quantitative estimate of drug-likeness (QED) is 0.768. The van der Waals surface area contributed by atoms with Crippen LogP contribution in [0.25, 0.3) is 0 Å². The molecule has 2 N–H and O–H groups in total. The average Bonchev–Trinajstić information content (AvgIpc) is 2.36. The highest BCUT2D eigenvalue weighted by Crippen LogP contribution is 2.12. The van der Waals surface area contributed by atoms with Gasteiger partial charge in [-0.3, -0.25) is 0 Å². The number of nitrogens with two attached hydrogens (primary N) is 1. The minimum absolute atomic E-state index is 0.560. The highest BCUT2D eigenvalue weighted by atomic mass is 32.2. The first kappa shape index (κ1) is 14.4. The molecule has 1 rings (SSSR count). The zero-order valence-electron chi connectivity index (χ0n) is 10.7. The molecule has 0 aromatic heterocycles. The minimum Gasteiger partial charge on any atom is -0.492 e. The minimum atomic E-state index is 0.560. The van der Waals surface area contributed by atoms with E-state index < -0.39 is 0 Å². The van der Waals surface area contributed by atoms with Crippen molar-refractivity contribution in [3.05, 3.63) is 29.8 Å². The largest absolute Gasteiger partial charge is 0.492 e. The fourth-order valence-electron chi connectivity index (χ4n) is 1.44. The third-order valence-corrected chi connectivity index (χ3v) is 3.14. The third-order valence-electron chi connectivity index (χ3n) is 2.55. The van der Waals surface area contributed by atoms with Gasteiger partial charge in [-0.1, -0.05) is 12.1 Å². The zero-order valence-corrected chi connectivity index (χ0v) is 11.5. The van der Waals surface area contributed by atoms with Crippen molar-refractivity contribution >= 4 is 11.8 Å². The Balaban J connectivity index is 2.25. The lowest BCUT2D eigenvalue weighted by molar-refractivity contribution is 0.244. The summed E-state index contributed by atoms with van der Waals surface area (Å²) in [6.45, 7) is 3.34. The van der Waals surface area contributed by atoms with E-state index >= 15 is 0 Å². The maximum atomic E-state index is 5.70. The molecule has 0 amide bonds. The SMILES string of the molecule is CSCCN(C)CCOc1cccc(CN)c1. The van der Waals surface area contributed by atoms with Crippen molar-refractivity contribution in [2.75, 3.05) is 38.8 Å². The van der Waals surface area contributed by atoms with Gasteiger partial charge in [0.25, 0.3) is 0 Å². The molecule has 0 saturated heterocycles. The predicted molar refractivity (Wildman–Crippen MR) is 75.7 cm³/mol. The molecular formula is C13H22N2OS. The van der Waals surface area contributed by atoms with Crippen LogP contribution in [0.4, 0.5) is 0 Å². The van der Waals surface area contributed by atoms with Crippen molar-refractivity contribution in [2.24, 2.45) is 5.73 Å². The van der Waals surface area contributed by atoms with Crippen LogP contribution in [-0.2, 0) is 6.54 Å². The summed E-state index contributed by atoms with van der Waals surface area (Å²) in [5.74, 6) is 2.07. The number of hydrogen-bond acceptors (Lipinski definition) is 4. The van der Waals surface area contributed by atoms with E-state index in [1.54, 1.807) is 0 Å². The van der Waals surface area contributed by atoms with E-state index in [2.05, 4.69) is 18.2 Å². The molecule has 1 aromatic rings. The summed E-state index contributed by atoms with van der Waals surface area (Å²) in [5, 5.41) is 0. The average molecular weight is 254 g/mol. The standard InChI is InChI=1S/C13H22N2OS/c1-15(7-9-17-2)6-8-16-13-5-3-4-12(10-13)11-14/h3-5,10H,6-9,11,14H2,1-2H3. The Bertz CT molecular complexity index is 320. The van der Waals surface area contributed by atoms with E-state index in [0.717, 1.165) is 31.0 Å². The molecule has 0 spiro atoms. The van der Waals surface area contributed by atoms with E-state index in [1.807, 2.05) is 36.0 Å². The normalized spacial score (nSPS) is 10.8. The summed E-state index contributed by atoms with van der Waals surface area (Å²) in [6.07, 6.45) is 2.13. The first-order valence-electron chi connectivity index (χ1n) is 5.85. The second kappa shape index (κ2) is 8.39. The summed E-state index contributed by atoms with van der Waals surface area (Å²) in [5.41, 5.74) is 6.69. The van der Waals surface area contributed by atoms with Crippen LogP contribution in [0.1, 0.15) is 5.56 Å². The molecule has 4 heteroatoms. The van der Waals surface area contributed by atoms with E-state index in [0.29, 0.717) is 6.54 Å². The first-order valence-corrected chi connectivity index (χ1v) is 7.25. The highest BCUT2D eigenvalue weighted by Gasteiger charge is 1.99. The number of likely N-dealkylation sites (N-methyl/N-ethyl adjacent to an activating group) is 1. The molecule has 96 valence electrons. The van der Waals surface area contributed by atoms with Gasteiger partial charge < -0.3 is 15.4 Å². The smallest absolute Gasteiger partial charge is 0.119 e. The molecule has 0 aliphatic heterocycles. The number of hydrogen-bond donors (Lipinski definition) is 1. The van der Waals surface area contributed by atoms with Gasteiger partial charge >= 0.3 is 0 Å². The van der Waals surface area contributed by atoms with E-state index in [9.17, 15) is 0 Å². The lowest BCUT2D eigenvalue weighted by Crippen LogP contribution is -2.26. The number of benzene rings is 1. The van der Waals surface area contributed by atoms with Gasteiger partial charge in [-0.15, -0.1) is 0 Å². The van der Waals surface area contributed by atoms with Crippen LogP contribution in [0, 0.1) is 0 Å². The Morgan fingerprint density at radius 3 is 2.88 bits per heavy atom. The van der Waals surface area contributed by atoms with Gasteiger partial charge in [0, 0.05) is 25.4 Å². The lowest BCUT2D eigenvalue weighted by atomic mass is 10.2. The molecule has 0 aliphatic rings.